The van der Waals surface area contributed by atoms with Crippen molar-refractivity contribution in [1.29, 1.82) is 0 Å². The molecular weight excluding hydrogens is 282 g/mol. The van der Waals surface area contributed by atoms with Crippen LogP contribution in [0.15, 0.2) is 62.6 Å². The van der Waals surface area contributed by atoms with Crippen LogP contribution < -0.4 is 0 Å². The summed E-state index contributed by atoms with van der Waals surface area (Å²) in [6, 6.07) is 3.50. The predicted octanol–water partition coefficient (Wildman–Crippen LogP) is 1.73. The second kappa shape index (κ2) is 6.49. The van der Waals surface area contributed by atoms with Crippen LogP contribution in [0.25, 0.3) is 0 Å². The number of pyridine rings is 1. The van der Waals surface area contributed by atoms with E-state index in [4.69, 9.17) is 4.74 Å². The number of carbonyl (C=O) groups excluding carboxylic acids is 1. The monoisotopic (exact) mass is 293 g/mol. The van der Waals surface area contributed by atoms with Crippen LogP contribution in [0.3, 0.4) is 0 Å². The Balaban J connectivity index is 1.98. The number of nitrogens with zero attached hydrogens (tertiary/aromatic N) is 5. The lowest BCUT2D eigenvalue weighted by atomic mass is 10.2. The average Bonchev–Trinajstić information content (AvgIpc) is 2.99. The topological polar surface area (TPSA) is 88.6 Å². The molecule has 2 aliphatic rings. The summed E-state index contributed by atoms with van der Waals surface area (Å²) in [6.45, 7) is 0.210. The molecule has 7 nitrogen and oxygen atoms in total. The lowest BCUT2D eigenvalue weighted by Crippen LogP contribution is -2.08. The summed E-state index contributed by atoms with van der Waals surface area (Å²) in [4.78, 5) is 24.2. The van der Waals surface area contributed by atoms with Gasteiger partial charge in [-0.1, -0.05) is 6.07 Å². The molecule has 0 unspecified atom stereocenters. The number of aliphatic imine (C=N–C) groups is 2. The summed E-state index contributed by atoms with van der Waals surface area (Å²) in [5, 5.41) is 7.71. The van der Waals surface area contributed by atoms with Crippen LogP contribution >= 0.6 is 0 Å². The molecule has 0 bridgehead atoms. The van der Waals surface area contributed by atoms with Gasteiger partial charge >= 0.3 is 0 Å². The SMILES string of the molecule is O=C1N=CC2=NN=C/C2=C/C=N/C=C\OCc2cccnc21. The summed E-state index contributed by atoms with van der Waals surface area (Å²) in [5.74, 6) is -0.456. The fraction of sp³-hybridized carbons (Fsp3) is 0.0667. The van der Waals surface area contributed by atoms with E-state index in [9.17, 15) is 4.79 Å². The molecule has 7 heteroatoms. The number of carbonyl (C=O) groups is 1. The third-order valence-corrected chi connectivity index (χ3v) is 2.88. The first-order chi connectivity index (χ1) is 10.8. The Bertz CT molecular complexity index is 772. The van der Waals surface area contributed by atoms with Gasteiger partial charge in [0, 0.05) is 23.5 Å². The Morgan fingerprint density at radius 1 is 1.23 bits per heavy atom. The first kappa shape index (κ1) is 13.7. The fourth-order valence-corrected chi connectivity index (χ4v) is 1.82. The molecule has 0 fully saturated rings. The maximum atomic E-state index is 12.2. The zero-order valence-corrected chi connectivity index (χ0v) is 11.5. The number of amides is 1. The molecule has 1 aromatic heterocycles. The van der Waals surface area contributed by atoms with Gasteiger partial charge in [0.25, 0.3) is 5.91 Å². The first-order valence-electron chi connectivity index (χ1n) is 6.48. The van der Waals surface area contributed by atoms with E-state index in [0.717, 1.165) is 0 Å². The predicted molar refractivity (Wildman–Crippen MR) is 83.5 cm³/mol. The van der Waals surface area contributed by atoms with Crippen molar-refractivity contribution < 1.29 is 9.53 Å². The first-order valence-corrected chi connectivity index (χ1v) is 6.48. The molecule has 0 aliphatic carbocycles. The van der Waals surface area contributed by atoms with Crippen molar-refractivity contribution in [1.82, 2.24) is 4.98 Å². The molecule has 1 aromatic rings. The van der Waals surface area contributed by atoms with Crippen LogP contribution in [0, 0.1) is 0 Å². The molecule has 1 amide bonds. The van der Waals surface area contributed by atoms with E-state index >= 15 is 0 Å². The molecule has 0 atom stereocenters. The molecule has 108 valence electrons. The van der Waals surface area contributed by atoms with Gasteiger partial charge in [-0.25, -0.2) is 4.99 Å². The molecule has 0 spiro atoms. The zero-order chi connectivity index (χ0) is 15.2. The summed E-state index contributed by atoms with van der Waals surface area (Å²) < 4.78 is 5.33. The summed E-state index contributed by atoms with van der Waals surface area (Å²) in [6.07, 6.45) is 10.7. The average molecular weight is 293 g/mol. The number of ether oxygens (including phenoxy) is 1. The van der Waals surface area contributed by atoms with Crippen LogP contribution in [0.4, 0.5) is 0 Å². The number of rotatable bonds is 0. The van der Waals surface area contributed by atoms with Crippen molar-refractivity contribution in [3.63, 3.8) is 0 Å². The molecule has 0 N–H and O–H groups in total. The number of allylic oxidation sites excluding steroid dienone is 2. The van der Waals surface area contributed by atoms with Gasteiger partial charge in [-0.15, -0.1) is 5.10 Å². The lowest BCUT2D eigenvalue weighted by molar-refractivity contribution is 0.0995. The van der Waals surface area contributed by atoms with Crippen LogP contribution in [0.5, 0.6) is 0 Å². The van der Waals surface area contributed by atoms with Gasteiger partial charge in [0.1, 0.15) is 24.3 Å². The molecule has 3 heterocycles. The third-order valence-electron chi connectivity index (χ3n) is 2.88. The van der Waals surface area contributed by atoms with Crippen molar-refractivity contribution in [3.8, 4) is 0 Å². The van der Waals surface area contributed by atoms with Gasteiger partial charge in [0.15, 0.2) is 0 Å². The number of hydrogen-bond donors (Lipinski definition) is 0. The number of aromatic nitrogens is 1. The van der Waals surface area contributed by atoms with Crippen LogP contribution in [-0.4, -0.2) is 35.2 Å². The van der Waals surface area contributed by atoms with Gasteiger partial charge in [0.2, 0.25) is 0 Å². The maximum absolute atomic E-state index is 12.2. The Kier molecular flexibility index (Phi) is 4.05. The minimum atomic E-state index is -0.456. The van der Waals surface area contributed by atoms with Crippen molar-refractivity contribution >= 4 is 30.3 Å². The van der Waals surface area contributed by atoms with Crippen LogP contribution in [-0.2, 0) is 11.3 Å². The van der Waals surface area contributed by atoms with E-state index in [2.05, 4.69) is 25.2 Å². The van der Waals surface area contributed by atoms with Gasteiger partial charge in [0.05, 0.1) is 18.6 Å². The van der Waals surface area contributed by atoms with Crippen molar-refractivity contribution in [2.45, 2.75) is 6.61 Å². The smallest absolute Gasteiger partial charge is 0.296 e. The van der Waals surface area contributed by atoms with Crippen molar-refractivity contribution in [2.75, 3.05) is 0 Å². The summed E-state index contributed by atoms with van der Waals surface area (Å²) in [5.41, 5.74) is 2.11. The van der Waals surface area contributed by atoms with Gasteiger partial charge in [-0.05, 0) is 12.1 Å². The van der Waals surface area contributed by atoms with Crippen molar-refractivity contribution in [3.05, 3.63) is 53.7 Å². The standard InChI is InChI=1S/C15H11N5O2/c21-15-14-12(2-1-4-17-14)10-22-7-6-16-5-3-11-8-19-20-13(11)9-18-15/h1-9H,10H2/b7-6-,11-3-,16-5+,18-9?. The largest absolute Gasteiger partial charge is 0.495 e. The zero-order valence-electron chi connectivity index (χ0n) is 11.5. The molecule has 0 saturated heterocycles. The summed E-state index contributed by atoms with van der Waals surface area (Å²) >= 11 is 0. The van der Waals surface area contributed by atoms with E-state index in [-0.39, 0.29) is 12.3 Å². The maximum Gasteiger partial charge on any atom is 0.296 e. The lowest BCUT2D eigenvalue weighted by Gasteiger charge is -2.05. The molecule has 0 radical (unpaired) electrons. The van der Waals surface area contributed by atoms with Crippen LogP contribution in [0.2, 0.25) is 0 Å². The summed E-state index contributed by atoms with van der Waals surface area (Å²) in [7, 11) is 0. The number of fused-ring (bicyclic) bond motifs is 2. The van der Waals surface area contributed by atoms with E-state index in [0.29, 0.717) is 16.8 Å². The van der Waals surface area contributed by atoms with E-state index in [1.807, 2.05) is 0 Å². The van der Waals surface area contributed by atoms with Crippen molar-refractivity contribution in [2.24, 2.45) is 20.2 Å². The number of hydrogen-bond acceptors (Lipinski definition) is 6. The third kappa shape index (κ3) is 3.09. The molecule has 0 aromatic carbocycles. The molecular formula is C15H11N5O2. The molecule has 3 rings (SSSR count). The van der Waals surface area contributed by atoms with E-state index in [1.54, 1.807) is 30.6 Å². The quantitative estimate of drug-likeness (QED) is 0.729. The Morgan fingerprint density at radius 2 is 2.18 bits per heavy atom. The highest BCUT2D eigenvalue weighted by Gasteiger charge is 2.13. The highest BCUT2D eigenvalue weighted by atomic mass is 16.5. The minimum Gasteiger partial charge on any atom is -0.495 e. The normalized spacial score (nSPS) is 22.5. The van der Waals surface area contributed by atoms with Gasteiger partial charge < -0.3 is 4.74 Å². The molecule has 0 saturated carbocycles. The second-order valence-electron chi connectivity index (χ2n) is 4.32. The van der Waals surface area contributed by atoms with Crippen LogP contribution in [0.1, 0.15) is 16.1 Å². The Hall–Kier alpha value is -3.22. The Morgan fingerprint density at radius 3 is 3.14 bits per heavy atom. The highest BCUT2D eigenvalue weighted by molar-refractivity contribution is 6.46. The molecule has 2 aliphatic heterocycles. The highest BCUT2D eigenvalue weighted by Crippen LogP contribution is 2.10. The minimum absolute atomic E-state index is 0.210. The Labute approximate surface area is 126 Å². The van der Waals surface area contributed by atoms with E-state index < -0.39 is 5.91 Å². The molecule has 22 heavy (non-hydrogen) atoms. The second-order valence-corrected chi connectivity index (χ2v) is 4.32. The van der Waals surface area contributed by atoms with Gasteiger partial charge in [-0.3, -0.25) is 14.8 Å². The van der Waals surface area contributed by atoms with Gasteiger partial charge in [-0.2, -0.15) is 5.10 Å². The fourth-order valence-electron chi connectivity index (χ4n) is 1.82. The van der Waals surface area contributed by atoms with E-state index in [1.165, 1.54) is 24.9 Å².